The van der Waals surface area contributed by atoms with E-state index >= 15 is 0 Å². The van der Waals surface area contributed by atoms with Crippen LogP contribution in [0, 0.1) is 0 Å². The number of hydrogen-bond acceptors (Lipinski definition) is 3. The standard InChI is InChI=1S/C21H35O3P/c1-7-16-23-25(22,24-17-8-2)18-15-21(6)14-10-13-20(5)12-9-11-19(3)4/h10-11,13-14,18H,7-9,12,16-17H2,1-6H3/b14-10+,20-13+. The smallest absolute Gasteiger partial charge is 0.305 e. The van der Waals surface area contributed by atoms with Gasteiger partial charge in [0.2, 0.25) is 0 Å². The highest BCUT2D eigenvalue weighted by Crippen LogP contribution is 2.49. The van der Waals surface area contributed by atoms with Crippen LogP contribution >= 0.6 is 7.60 Å². The van der Waals surface area contributed by atoms with Gasteiger partial charge < -0.3 is 9.05 Å². The van der Waals surface area contributed by atoms with Gasteiger partial charge in [-0.3, -0.25) is 4.57 Å². The number of rotatable bonds is 12. The van der Waals surface area contributed by atoms with Crippen LogP contribution in [0.3, 0.4) is 0 Å². The van der Waals surface area contributed by atoms with Gasteiger partial charge in [-0.2, -0.15) is 0 Å². The molecule has 0 aromatic heterocycles. The molecule has 3 nitrogen and oxygen atoms in total. The number of hydrogen-bond donors (Lipinski definition) is 0. The Hall–Kier alpha value is -1.11. The maximum Gasteiger partial charge on any atom is 0.361 e. The summed E-state index contributed by atoms with van der Waals surface area (Å²) in [6.45, 7) is 13.1. The van der Waals surface area contributed by atoms with Gasteiger partial charge >= 0.3 is 7.60 Å². The summed E-state index contributed by atoms with van der Waals surface area (Å²) in [6.07, 6.45) is 12.0. The molecule has 25 heavy (non-hydrogen) atoms. The van der Waals surface area contributed by atoms with Gasteiger partial charge in [0.1, 0.15) is 0 Å². The lowest BCUT2D eigenvalue weighted by Gasteiger charge is -2.13. The van der Waals surface area contributed by atoms with Crippen LogP contribution in [0.4, 0.5) is 0 Å². The van der Waals surface area contributed by atoms with Crippen LogP contribution in [0.15, 0.2) is 52.6 Å². The maximum atomic E-state index is 12.6. The third-order valence-electron chi connectivity index (χ3n) is 3.22. The van der Waals surface area contributed by atoms with Crippen molar-refractivity contribution < 1.29 is 13.6 Å². The van der Waals surface area contributed by atoms with Crippen LogP contribution in [0.2, 0.25) is 0 Å². The lowest BCUT2D eigenvalue weighted by molar-refractivity contribution is 0.212. The Morgan fingerprint density at radius 3 is 2.16 bits per heavy atom. The molecule has 4 heteroatoms. The van der Waals surface area contributed by atoms with Gasteiger partial charge in [-0.1, -0.05) is 49.3 Å². The Bertz CT molecular complexity index is 560. The van der Waals surface area contributed by atoms with Crippen molar-refractivity contribution in [1.82, 2.24) is 0 Å². The van der Waals surface area contributed by atoms with Crippen LogP contribution in [0.1, 0.15) is 67.2 Å². The van der Waals surface area contributed by atoms with Gasteiger partial charge in [0.15, 0.2) is 0 Å². The summed E-state index contributed by atoms with van der Waals surface area (Å²) >= 11 is 0. The molecule has 0 saturated carbocycles. The summed E-state index contributed by atoms with van der Waals surface area (Å²) < 4.78 is 23.4. The summed E-state index contributed by atoms with van der Waals surface area (Å²) in [4.78, 5) is 0. The van der Waals surface area contributed by atoms with Crippen LogP contribution in [-0.2, 0) is 13.6 Å². The monoisotopic (exact) mass is 366 g/mol. The molecule has 0 heterocycles. The Morgan fingerprint density at radius 2 is 1.64 bits per heavy atom. The first-order valence-corrected chi connectivity index (χ1v) is 10.7. The highest BCUT2D eigenvalue weighted by molar-refractivity contribution is 7.57. The predicted octanol–water partition coefficient (Wildman–Crippen LogP) is 7.34. The molecule has 0 aromatic carbocycles. The second kappa shape index (κ2) is 14.1. The van der Waals surface area contributed by atoms with E-state index in [2.05, 4.69) is 38.7 Å². The third-order valence-corrected chi connectivity index (χ3v) is 4.75. The lowest BCUT2D eigenvalue weighted by Crippen LogP contribution is -1.95. The molecule has 0 aliphatic carbocycles. The quantitative estimate of drug-likeness (QED) is 0.157. The maximum absolute atomic E-state index is 12.6. The molecular formula is C21H35O3P. The molecule has 0 radical (unpaired) electrons. The van der Waals surface area contributed by atoms with Crippen molar-refractivity contribution in [2.75, 3.05) is 13.2 Å². The van der Waals surface area contributed by atoms with E-state index in [9.17, 15) is 4.57 Å². The first-order valence-electron chi connectivity index (χ1n) is 9.13. The van der Waals surface area contributed by atoms with E-state index in [-0.39, 0.29) is 0 Å². The normalized spacial score (nSPS) is 12.2. The highest BCUT2D eigenvalue weighted by atomic mass is 31.2. The van der Waals surface area contributed by atoms with Gasteiger partial charge in [-0.05, 0) is 59.0 Å². The summed E-state index contributed by atoms with van der Waals surface area (Å²) in [5.41, 5.74) is 6.59. The Labute approximate surface area is 154 Å². The zero-order valence-electron chi connectivity index (χ0n) is 16.8. The van der Waals surface area contributed by atoms with Gasteiger partial charge in [0.05, 0.1) is 19.0 Å². The second-order valence-electron chi connectivity index (χ2n) is 6.36. The van der Waals surface area contributed by atoms with Crippen molar-refractivity contribution in [2.45, 2.75) is 67.2 Å². The average molecular weight is 366 g/mol. The van der Waals surface area contributed by atoms with E-state index in [1.165, 1.54) is 17.0 Å². The molecule has 0 bridgehead atoms. The van der Waals surface area contributed by atoms with Crippen LogP contribution in [0.25, 0.3) is 0 Å². The van der Waals surface area contributed by atoms with Crippen LogP contribution in [0.5, 0.6) is 0 Å². The van der Waals surface area contributed by atoms with Crippen molar-refractivity contribution in [1.29, 1.82) is 0 Å². The first kappa shape index (κ1) is 23.9. The summed E-state index contributed by atoms with van der Waals surface area (Å²) in [5.74, 6) is 1.45. The lowest BCUT2D eigenvalue weighted by atomic mass is 10.1. The zero-order valence-corrected chi connectivity index (χ0v) is 17.7. The first-order chi connectivity index (χ1) is 11.8. The largest absolute Gasteiger partial charge is 0.361 e. The molecule has 0 spiro atoms. The molecule has 0 N–H and O–H groups in total. The van der Waals surface area contributed by atoms with Crippen molar-refractivity contribution in [3.63, 3.8) is 0 Å². The molecule has 0 saturated heterocycles. The van der Waals surface area contributed by atoms with Crippen molar-refractivity contribution >= 4 is 7.60 Å². The van der Waals surface area contributed by atoms with E-state index in [1.807, 2.05) is 32.9 Å². The zero-order chi connectivity index (χ0) is 19.1. The fourth-order valence-corrected chi connectivity index (χ4v) is 3.27. The van der Waals surface area contributed by atoms with Crippen LogP contribution in [-0.4, -0.2) is 13.2 Å². The summed E-state index contributed by atoms with van der Waals surface area (Å²) in [5, 5.41) is 0. The molecule has 0 amide bonds. The molecule has 0 unspecified atom stereocenters. The predicted molar refractivity (Wildman–Crippen MR) is 109 cm³/mol. The molecule has 0 aromatic rings. The minimum atomic E-state index is -3.19. The molecule has 142 valence electrons. The minimum Gasteiger partial charge on any atom is -0.305 e. The molecule has 0 aliphatic heterocycles. The second-order valence-corrected chi connectivity index (χ2v) is 8.21. The van der Waals surface area contributed by atoms with E-state index < -0.39 is 7.60 Å². The van der Waals surface area contributed by atoms with Crippen molar-refractivity contribution in [3.8, 4) is 0 Å². The highest BCUT2D eigenvalue weighted by Gasteiger charge is 2.19. The van der Waals surface area contributed by atoms with Crippen molar-refractivity contribution in [2.24, 2.45) is 0 Å². The van der Waals surface area contributed by atoms with Gasteiger partial charge in [-0.25, -0.2) is 0 Å². The average Bonchev–Trinajstić information content (AvgIpc) is 2.56. The Kier molecular flexibility index (Phi) is 13.5. The van der Waals surface area contributed by atoms with Crippen LogP contribution < -0.4 is 0 Å². The molecular weight excluding hydrogens is 331 g/mol. The summed E-state index contributed by atoms with van der Waals surface area (Å²) in [7, 11) is -3.19. The fraction of sp³-hybridized carbons (Fsp3) is 0.571. The Morgan fingerprint density at radius 1 is 1.04 bits per heavy atom. The molecule has 0 aliphatic rings. The SMILES string of the molecule is CCCOP(=O)(C=C=C(C)/C=C/C=C(\C)CCC=C(C)C)OCCC. The van der Waals surface area contributed by atoms with Gasteiger partial charge in [0, 0.05) is 0 Å². The topological polar surface area (TPSA) is 35.5 Å². The Balaban J connectivity index is 4.85. The van der Waals surface area contributed by atoms with E-state index in [0.717, 1.165) is 31.3 Å². The fourth-order valence-electron chi connectivity index (χ4n) is 1.81. The summed E-state index contributed by atoms with van der Waals surface area (Å²) in [6, 6.07) is 0. The van der Waals surface area contributed by atoms with E-state index in [1.54, 1.807) is 0 Å². The van der Waals surface area contributed by atoms with Crippen molar-refractivity contribution in [3.05, 3.63) is 52.6 Å². The minimum absolute atomic E-state index is 0.418. The molecule has 0 atom stereocenters. The third kappa shape index (κ3) is 13.8. The van der Waals surface area contributed by atoms with Gasteiger partial charge in [-0.15, -0.1) is 5.73 Å². The molecule has 0 rings (SSSR count). The number of allylic oxidation sites excluding steroid dienone is 7. The van der Waals surface area contributed by atoms with E-state index in [0.29, 0.717) is 13.2 Å². The van der Waals surface area contributed by atoms with E-state index in [4.69, 9.17) is 9.05 Å². The molecule has 0 fully saturated rings. The van der Waals surface area contributed by atoms with Gasteiger partial charge in [0.25, 0.3) is 0 Å².